The van der Waals surface area contributed by atoms with Crippen molar-refractivity contribution in [2.24, 2.45) is 0 Å². The Bertz CT molecular complexity index is 768. The average Bonchev–Trinajstić information content (AvgIpc) is 3.12. The third kappa shape index (κ3) is 3.12. The number of piperazine rings is 1. The lowest BCUT2D eigenvalue weighted by atomic mass is 10.2. The summed E-state index contributed by atoms with van der Waals surface area (Å²) in [5.41, 5.74) is 4.20. The zero-order valence-corrected chi connectivity index (χ0v) is 14.7. The van der Waals surface area contributed by atoms with Crippen LogP contribution in [0.2, 0.25) is 0 Å². The summed E-state index contributed by atoms with van der Waals surface area (Å²) in [4.78, 5) is 23.8. The lowest BCUT2D eigenvalue weighted by Gasteiger charge is -2.34. The Balaban J connectivity index is 1.53. The zero-order chi connectivity index (χ0) is 17.2. The standard InChI is InChI=1S/C20H24N4O/c1-2-22-11-13-23(14-12-22)20(25)18-15-17(7-9-21-18)24-10-8-16-5-3-4-6-19(16)24/h3-7,9,15H,2,8,10-14H2,1H3. The molecule has 1 aromatic heterocycles. The van der Waals surface area contributed by atoms with Gasteiger partial charge in [-0.2, -0.15) is 0 Å². The number of nitrogens with zero attached hydrogens (tertiary/aromatic N) is 4. The van der Waals surface area contributed by atoms with Crippen molar-refractivity contribution >= 4 is 17.3 Å². The van der Waals surface area contributed by atoms with E-state index in [0.29, 0.717) is 5.69 Å². The topological polar surface area (TPSA) is 39.7 Å². The lowest BCUT2D eigenvalue weighted by Crippen LogP contribution is -2.48. The SMILES string of the molecule is CCN1CCN(C(=O)c2cc(N3CCc4ccccc43)ccn2)CC1. The number of carbonyl (C=O) groups is 1. The van der Waals surface area contributed by atoms with Gasteiger partial charge in [-0.05, 0) is 36.7 Å². The highest BCUT2D eigenvalue weighted by Gasteiger charge is 2.24. The van der Waals surface area contributed by atoms with E-state index in [1.807, 2.05) is 17.0 Å². The van der Waals surface area contributed by atoms with Crippen molar-refractivity contribution in [2.75, 3.05) is 44.2 Å². The van der Waals surface area contributed by atoms with E-state index in [9.17, 15) is 4.79 Å². The Morgan fingerprint density at radius 1 is 1.08 bits per heavy atom. The Morgan fingerprint density at radius 3 is 2.68 bits per heavy atom. The molecule has 2 aliphatic rings. The van der Waals surface area contributed by atoms with E-state index in [-0.39, 0.29) is 5.91 Å². The molecule has 1 amide bonds. The van der Waals surface area contributed by atoms with Crippen LogP contribution in [-0.4, -0.2) is 60.0 Å². The normalized spacial score (nSPS) is 17.6. The number of anilines is 2. The molecule has 0 bridgehead atoms. The Labute approximate surface area is 148 Å². The highest BCUT2D eigenvalue weighted by molar-refractivity contribution is 5.93. The third-order valence-electron chi connectivity index (χ3n) is 5.27. The maximum Gasteiger partial charge on any atom is 0.272 e. The number of benzene rings is 1. The van der Waals surface area contributed by atoms with Gasteiger partial charge in [0.15, 0.2) is 0 Å². The molecule has 1 fully saturated rings. The van der Waals surface area contributed by atoms with Crippen molar-refractivity contribution in [1.29, 1.82) is 0 Å². The summed E-state index contributed by atoms with van der Waals surface area (Å²) in [6, 6.07) is 12.4. The molecular formula is C20H24N4O. The van der Waals surface area contributed by atoms with Crippen molar-refractivity contribution in [3.05, 3.63) is 53.9 Å². The maximum atomic E-state index is 12.8. The molecular weight excluding hydrogens is 312 g/mol. The van der Waals surface area contributed by atoms with Gasteiger partial charge >= 0.3 is 0 Å². The monoisotopic (exact) mass is 336 g/mol. The van der Waals surface area contributed by atoms with E-state index in [1.165, 1.54) is 11.3 Å². The fourth-order valence-electron chi connectivity index (χ4n) is 3.74. The van der Waals surface area contributed by atoms with E-state index in [4.69, 9.17) is 0 Å². The van der Waals surface area contributed by atoms with E-state index in [2.05, 4.69) is 46.0 Å². The Kier molecular flexibility index (Phi) is 4.40. The minimum absolute atomic E-state index is 0.0464. The third-order valence-corrected chi connectivity index (χ3v) is 5.27. The molecule has 5 heteroatoms. The van der Waals surface area contributed by atoms with E-state index >= 15 is 0 Å². The lowest BCUT2D eigenvalue weighted by molar-refractivity contribution is 0.0637. The molecule has 130 valence electrons. The van der Waals surface area contributed by atoms with Crippen molar-refractivity contribution < 1.29 is 4.79 Å². The van der Waals surface area contributed by atoms with Gasteiger partial charge in [0.2, 0.25) is 0 Å². The molecule has 2 aromatic rings. The predicted molar refractivity (Wildman–Crippen MR) is 99.4 cm³/mol. The van der Waals surface area contributed by atoms with Crippen LogP contribution >= 0.6 is 0 Å². The second-order valence-corrected chi connectivity index (χ2v) is 6.66. The number of para-hydroxylation sites is 1. The van der Waals surface area contributed by atoms with Crippen molar-refractivity contribution in [3.63, 3.8) is 0 Å². The first-order valence-corrected chi connectivity index (χ1v) is 9.09. The molecule has 0 spiro atoms. The van der Waals surface area contributed by atoms with Crippen LogP contribution in [0.5, 0.6) is 0 Å². The fraction of sp³-hybridized carbons (Fsp3) is 0.400. The molecule has 5 nitrogen and oxygen atoms in total. The number of aromatic nitrogens is 1. The van der Waals surface area contributed by atoms with Crippen LogP contribution < -0.4 is 4.90 Å². The molecule has 0 saturated carbocycles. The summed E-state index contributed by atoms with van der Waals surface area (Å²) >= 11 is 0. The predicted octanol–water partition coefficient (Wildman–Crippen LogP) is 2.55. The summed E-state index contributed by atoms with van der Waals surface area (Å²) in [6.07, 6.45) is 2.80. The quantitative estimate of drug-likeness (QED) is 0.864. The van der Waals surface area contributed by atoms with E-state index in [1.54, 1.807) is 6.20 Å². The second kappa shape index (κ2) is 6.84. The van der Waals surface area contributed by atoms with Crippen LogP contribution in [0.25, 0.3) is 0 Å². The van der Waals surface area contributed by atoms with Crippen molar-refractivity contribution in [1.82, 2.24) is 14.8 Å². The van der Waals surface area contributed by atoms with Crippen LogP contribution in [0.1, 0.15) is 23.0 Å². The number of amides is 1. The minimum atomic E-state index is 0.0464. The number of pyridine rings is 1. The molecule has 0 unspecified atom stereocenters. The summed E-state index contributed by atoms with van der Waals surface area (Å²) < 4.78 is 0. The number of hydrogen-bond acceptors (Lipinski definition) is 4. The molecule has 0 N–H and O–H groups in total. The molecule has 0 radical (unpaired) electrons. The number of fused-ring (bicyclic) bond motifs is 1. The highest BCUT2D eigenvalue weighted by Crippen LogP contribution is 2.34. The average molecular weight is 336 g/mol. The van der Waals surface area contributed by atoms with Crippen LogP contribution in [0, 0.1) is 0 Å². The van der Waals surface area contributed by atoms with Gasteiger partial charge < -0.3 is 14.7 Å². The van der Waals surface area contributed by atoms with Gasteiger partial charge in [0.05, 0.1) is 0 Å². The van der Waals surface area contributed by atoms with Crippen LogP contribution in [0.3, 0.4) is 0 Å². The smallest absolute Gasteiger partial charge is 0.272 e. The van der Waals surface area contributed by atoms with Gasteiger partial charge in [-0.1, -0.05) is 25.1 Å². The van der Waals surface area contributed by atoms with Crippen molar-refractivity contribution in [3.8, 4) is 0 Å². The largest absolute Gasteiger partial charge is 0.341 e. The highest BCUT2D eigenvalue weighted by atomic mass is 16.2. The van der Waals surface area contributed by atoms with Gasteiger partial charge in [-0.25, -0.2) is 0 Å². The molecule has 0 atom stereocenters. The van der Waals surface area contributed by atoms with E-state index in [0.717, 1.165) is 51.4 Å². The summed E-state index contributed by atoms with van der Waals surface area (Å²) in [5.74, 6) is 0.0464. The first kappa shape index (κ1) is 16.1. The molecule has 1 aromatic carbocycles. The van der Waals surface area contributed by atoms with E-state index < -0.39 is 0 Å². The molecule has 25 heavy (non-hydrogen) atoms. The first-order valence-electron chi connectivity index (χ1n) is 9.09. The van der Waals surface area contributed by atoms with Crippen molar-refractivity contribution in [2.45, 2.75) is 13.3 Å². The molecule has 4 rings (SSSR count). The van der Waals surface area contributed by atoms with Gasteiger partial charge in [-0.3, -0.25) is 9.78 Å². The molecule has 0 aliphatic carbocycles. The van der Waals surface area contributed by atoms with Crippen LogP contribution in [0.4, 0.5) is 11.4 Å². The van der Waals surface area contributed by atoms with Crippen LogP contribution in [-0.2, 0) is 6.42 Å². The number of likely N-dealkylation sites (N-methyl/N-ethyl adjacent to an activating group) is 1. The summed E-state index contributed by atoms with van der Waals surface area (Å²) in [5, 5.41) is 0. The summed E-state index contributed by atoms with van der Waals surface area (Å²) in [6.45, 7) is 7.62. The fourth-order valence-corrected chi connectivity index (χ4v) is 3.74. The van der Waals surface area contributed by atoms with Gasteiger partial charge in [0, 0.05) is 50.3 Å². The Hall–Kier alpha value is -2.40. The minimum Gasteiger partial charge on any atom is -0.341 e. The van der Waals surface area contributed by atoms with Gasteiger partial charge in [0.25, 0.3) is 5.91 Å². The zero-order valence-electron chi connectivity index (χ0n) is 14.7. The maximum absolute atomic E-state index is 12.8. The van der Waals surface area contributed by atoms with Gasteiger partial charge in [-0.15, -0.1) is 0 Å². The number of hydrogen-bond donors (Lipinski definition) is 0. The molecule has 2 aliphatic heterocycles. The number of carbonyl (C=O) groups excluding carboxylic acids is 1. The molecule has 3 heterocycles. The summed E-state index contributed by atoms with van der Waals surface area (Å²) in [7, 11) is 0. The first-order chi connectivity index (χ1) is 12.3. The molecule has 1 saturated heterocycles. The number of rotatable bonds is 3. The van der Waals surface area contributed by atoms with Gasteiger partial charge in [0.1, 0.15) is 5.69 Å². The van der Waals surface area contributed by atoms with Crippen LogP contribution in [0.15, 0.2) is 42.6 Å². The Morgan fingerprint density at radius 2 is 1.88 bits per heavy atom. The second-order valence-electron chi connectivity index (χ2n) is 6.66.